The first-order chi connectivity index (χ1) is 10.2. The van der Waals surface area contributed by atoms with Crippen molar-refractivity contribution >= 4 is 23.1 Å². The molecule has 2 nitrogen and oxygen atoms in total. The lowest BCUT2D eigenvalue weighted by Gasteiger charge is -2.29. The second-order valence-corrected chi connectivity index (χ2v) is 6.08. The summed E-state index contributed by atoms with van der Waals surface area (Å²) in [6.45, 7) is 2.62. The zero-order valence-corrected chi connectivity index (χ0v) is 13.0. The van der Waals surface area contributed by atoms with Crippen molar-refractivity contribution in [1.82, 2.24) is 0 Å². The highest BCUT2D eigenvalue weighted by Crippen LogP contribution is 2.44. The first kappa shape index (κ1) is 14.4. The summed E-state index contributed by atoms with van der Waals surface area (Å²) in [6.07, 6.45) is 8.39. The summed E-state index contributed by atoms with van der Waals surface area (Å²) in [4.78, 5) is 14.1. The lowest BCUT2D eigenvalue weighted by molar-refractivity contribution is -0.113. The third-order valence-electron chi connectivity index (χ3n) is 4.36. The van der Waals surface area contributed by atoms with E-state index in [1.807, 2.05) is 6.08 Å². The lowest BCUT2D eigenvalue weighted by Crippen LogP contribution is -2.34. The van der Waals surface area contributed by atoms with Crippen LogP contribution in [0.2, 0.25) is 0 Å². The van der Waals surface area contributed by atoms with Gasteiger partial charge < -0.3 is 4.90 Å². The van der Waals surface area contributed by atoms with E-state index in [0.29, 0.717) is 11.8 Å². The summed E-state index contributed by atoms with van der Waals surface area (Å²) >= 11 is 5.80. The molecule has 0 saturated heterocycles. The van der Waals surface area contributed by atoms with Crippen molar-refractivity contribution in [3.8, 4) is 0 Å². The van der Waals surface area contributed by atoms with Crippen LogP contribution in [0.3, 0.4) is 0 Å². The van der Waals surface area contributed by atoms with Crippen LogP contribution in [0, 0.1) is 0 Å². The first-order valence-electron chi connectivity index (χ1n) is 7.55. The molecule has 1 aliphatic carbocycles. The van der Waals surface area contributed by atoms with Crippen molar-refractivity contribution in [2.75, 3.05) is 17.3 Å². The molecule has 1 aromatic carbocycles. The molecule has 2 aliphatic rings. The highest BCUT2D eigenvalue weighted by atomic mass is 35.5. The lowest BCUT2D eigenvalue weighted by atomic mass is 9.88. The molecule has 0 fully saturated rings. The Bertz CT molecular complexity index is 605. The molecule has 2 unspecified atom stereocenters. The van der Waals surface area contributed by atoms with Crippen LogP contribution in [-0.4, -0.2) is 24.2 Å². The van der Waals surface area contributed by atoms with Crippen LogP contribution < -0.4 is 4.90 Å². The number of para-hydroxylation sites is 1. The van der Waals surface area contributed by atoms with Gasteiger partial charge >= 0.3 is 0 Å². The van der Waals surface area contributed by atoms with Gasteiger partial charge in [0.05, 0.1) is 6.04 Å². The Balaban J connectivity index is 1.93. The average molecular weight is 302 g/mol. The Hall–Kier alpha value is -1.54. The van der Waals surface area contributed by atoms with Gasteiger partial charge in [-0.3, -0.25) is 4.79 Å². The molecule has 0 saturated carbocycles. The number of nitrogens with zero attached hydrogens (tertiary/aromatic N) is 1. The van der Waals surface area contributed by atoms with Gasteiger partial charge in [-0.2, -0.15) is 0 Å². The Morgan fingerprint density at radius 1 is 1.29 bits per heavy atom. The molecule has 1 aliphatic heterocycles. The number of carbonyl (C=O) groups is 1. The summed E-state index contributed by atoms with van der Waals surface area (Å²) in [6, 6.07) is 8.83. The number of allylic oxidation sites excluding steroid dienone is 2. The van der Waals surface area contributed by atoms with E-state index in [1.165, 1.54) is 11.3 Å². The fourth-order valence-corrected chi connectivity index (χ4v) is 3.50. The van der Waals surface area contributed by atoms with Crippen LogP contribution in [0.4, 0.5) is 5.69 Å². The number of hydrogen-bond acceptors (Lipinski definition) is 2. The molecule has 0 bridgehead atoms. The number of benzene rings is 1. The van der Waals surface area contributed by atoms with Crippen LogP contribution in [0.1, 0.15) is 31.2 Å². The van der Waals surface area contributed by atoms with E-state index in [0.717, 1.165) is 25.0 Å². The number of hydrogen-bond donors (Lipinski definition) is 0. The van der Waals surface area contributed by atoms with E-state index < -0.39 is 0 Å². The standard InChI is InChI=1S/C18H20ClNO/c1-13(21)14-8-9-16-15-6-2-3-7-17(15)20(18(16)12-14)11-5-4-10-19/h2-3,6-9,12,16,18H,4-5,10-11H2,1H3. The van der Waals surface area contributed by atoms with E-state index in [4.69, 9.17) is 11.6 Å². The van der Waals surface area contributed by atoms with Gasteiger partial charge in [0.15, 0.2) is 5.78 Å². The smallest absolute Gasteiger partial charge is 0.159 e. The molecule has 2 atom stereocenters. The molecule has 0 amide bonds. The van der Waals surface area contributed by atoms with Crippen molar-refractivity contribution in [3.05, 3.63) is 53.6 Å². The molecule has 21 heavy (non-hydrogen) atoms. The quantitative estimate of drug-likeness (QED) is 0.604. The van der Waals surface area contributed by atoms with Gasteiger partial charge in [-0.25, -0.2) is 0 Å². The van der Waals surface area contributed by atoms with E-state index in [-0.39, 0.29) is 11.8 Å². The maximum atomic E-state index is 11.7. The minimum atomic E-state index is 0.140. The number of alkyl halides is 1. The molecule has 1 aromatic rings. The van der Waals surface area contributed by atoms with Crippen LogP contribution in [-0.2, 0) is 4.79 Å². The minimum Gasteiger partial charge on any atom is -0.364 e. The highest BCUT2D eigenvalue weighted by molar-refractivity contribution is 6.17. The van der Waals surface area contributed by atoms with Crippen LogP contribution in [0.15, 0.2) is 48.1 Å². The molecule has 0 N–H and O–H groups in total. The average Bonchev–Trinajstić information content (AvgIpc) is 2.81. The Kier molecular flexibility index (Phi) is 4.16. The van der Waals surface area contributed by atoms with Gasteiger partial charge in [-0.05, 0) is 31.4 Å². The van der Waals surface area contributed by atoms with Gasteiger partial charge in [-0.15, -0.1) is 11.6 Å². The molecular weight excluding hydrogens is 282 g/mol. The van der Waals surface area contributed by atoms with Gasteiger partial charge in [-0.1, -0.05) is 36.4 Å². The van der Waals surface area contributed by atoms with Crippen molar-refractivity contribution in [1.29, 1.82) is 0 Å². The number of fused-ring (bicyclic) bond motifs is 3. The van der Waals surface area contributed by atoms with Gasteiger partial charge in [0.1, 0.15) is 0 Å². The molecule has 0 spiro atoms. The third kappa shape index (κ3) is 2.65. The predicted octanol–water partition coefficient (Wildman–Crippen LogP) is 4.06. The number of carbonyl (C=O) groups excluding carboxylic acids is 1. The largest absolute Gasteiger partial charge is 0.364 e. The fraction of sp³-hybridized carbons (Fsp3) is 0.389. The van der Waals surface area contributed by atoms with Gasteiger partial charge in [0.25, 0.3) is 0 Å². The third-order valence-corrected chi connectivity index (χ3v) is 4.62. The van der Waals surface area contributed by atoms with Crippen LogP contribution in [0.5, 0.6) is 0 Å². The van der Waals surface area contributed by atoms with Gasteiger partial charge in [0, 0.05) is 29.6 Å². The number of ketones is 1. The first-order valence-corrected chi connectivity index (χ1v) is 8.08. The molecule has 1 heterocycles. The molecule has 0 radical (unpaired) electrons. The summed E-state index contributed by atoms with van der Waals surface area (Å²) in [5.74, 6) is 1.21. The second-order valence-electron chi connectivity index (χ2n) is 5.70. The maximum absolute atomic E-state index is 11.7. The summed E-state index contributed by atoms with van der Waals surface area (Å²) in [5.41, 5.74) is 3.49. The Labute approximate surface area is 131 Å². The van der Waals surface area contributed by atoms with Crippen molar-refractivity contribution in [2.24, 2.45) is 0 Å². The summed E-state index contributed by atoms with van der Waals surface area (Å²) < 4.78 is 0. The van der Waals surface area contributed by atoms with E-state index in [9.17, 15) is 4.79 Å². The Morgan fingerprint density at radius 3 is 2.86 bits per heavy atom. The zero-order chi connectivity index (χ0) is 14.8. The topological polar surface area (TPSA) is 20.3 Å². The van der Waals surface area contributed by atoms with Crippen molar-refractivity contribution in [2.45, 2.75) is 31.7 Å². The van der Waals surface area contributed by atoms with E-state index in [1.54, 1.807) is 6.92 Å². The number of rotatable bonds is 5. The maximum Gasteiger partial charge on any atom is 0.159 e. The Morgan fingerprint density at radius 2 is 2.10 bits per heavy atom. The highest BCUT2D eigenvalue weighted by Gasteiger charge is 2.36. The monoisotopic (exact) mass is 301 g/mol. The zero-order valence-electron chi connectivity index (χ0n) is 12.3. The number of halogens is 1. The predicted molar refractivity (Wildman–Crippen MR) is 88.2 cm³/mol. The minimum absolute atomic E-state index is 0.140. The number of unbranched alkanes of at least 4 members (excludes halogenated alkanes) is 1. The van der Waals surface area contributed by atoms with E-state index >= 15 is 0 Å². The van der Waals surface area contributed by atoms with Crippen molar-refractivity contribution < 1.29 is 4.79 Å². The summed E-state index contributed by atoms with van der Waals surface area (Å²) in [7, 11) is 0. The van der Waals surface area contributed by atoms with Gasteiger partial charge in [0.2, 0.25) is 0 Å². The van der Waals surface area contributed by atoms with Crippen LogP contribution >= 0.6 is 11.6 Å². The SMILES string of the molecule is CC(=O)C1=CC2C(C=C1)c1ccccc1N2CCCCCl. The van der Waals surface area contributed by atoms with E-state index in [2.05, 4.69) is 41.3 Å². The molecule has 110 valence electrons. The number of Topliss-reactive ketones (excluding diaryl/α,β-unsaturated/α-hetero) is 1. The normalized spacial score (nSPS) is 22.8. The van der Waals surface area contributed by atoms with Crippen molar-refractivity contribution in [3.63, 3.8) is 0 Å². The molecule has 0 aromatic heterocycles. The molecule has 3 rings (SSSR count). The van der Waals surface area contributed by atoms with Crippen LogP contribution in [0.25, 0.3) is 0 Å². The second kappa shape index (κ2) is 6.07. The molecular formula is C18H20ClNO. The number of anilines is 1. The summed E-state index contributed by atoms with van der Waals surface area (Å²) in [5, 5.41) is 0. The molecule has 3 heteroatoms. The fourth-order valence-electron chi connectivity index (χ4n) is 3.31.